The van der Waals surface area contributed by atoms with Crippen molar-refractivity contribution in [2.45, 2.75) is 38.2 Å². The molecule has 2 aromatic rings. The first kappa shape index (κ1) is 16.1. The molecule has 1 aromatic heterocycles. The molecule has 6 heteroatoms. The third kappa shape index (κ3) is 4.10. The largest absolute Gasteiger partial charge is 0.244 e. The molecule has 1 heterocycles. The maximum absolute atomic E-state index is 5.65. The Hall–Kier alpha value is -0.300. The lowest BCUT2D eigenvalue weighted by atomic mass is 10.3. The van der Waals surface area contributed by atoms with E-state index in [-0.39, 0.29) is 0 Å². The van der Waals surface area contributed by atoms with Crippen LogP contribution in [0.4, 0.5) is 0 Å². The summed E-state index contributed by atoms with van der Waals surface area (Å²) < 4.78 is 3.33. The number of aromatic nitrogens is 1. The standard InChI is InChI=1S/C14H18N2S4/c1-9(2)19-16(20-10(3)4)14(17)13-15-11-7-5-6-8-12(11)18-13/h5-10H,1-4H3. The van der Waals surface area contributed by atoms with Crippen molar-refractivity contribution in [3.8, 4) is 0 Å². The van der Waals surface area contributed by atoms with Crippen LogP contribution in [0.2, 0.25) is 0 Å². The van der Waals surface area contributed by atoms with E-state index < -0.39 is 0 Å². The second-order valence-electron chi connectivity index (χ2n) is 4.86. The normalized spacial score (nSPS) is 11.5. The molecule has 0 radical (unpaired) electrons. The van der Waals surface area contributed by atoms with E-state index in [0.29, 0.717) is 10.5 Å². The summed E-state index contributed by atoms with van der Waals surface area (Å²) in [5, 5.41) is 1.92. The van der Waals surface area contributed by atoms with Gasteiger partial charge in [-0.3, -0.25) is 0 Å². The molecule has 2 rings (SSSR count). The highest BCUT2D eigenvalue weighted by Gasteiger charge is 2.19. The van der Waals surface area contributed by atoms with Gasteiger partial charge >= 0.3 is 0 Å². The van der Waals surface area contributed by atoms with E-state index in [4.69, 9.17) is 12.2 Å². The molecule has 0 amide bonds. The first-order valence-electron chi connectivity index (χ1n) is 6.51. The molecule has 0 saturated carbocycles. The van der Waals surface area contributed by atoms with E-state index in [1.807, 2.05) is 18.2 Å². The summed E-state index contributed by atoms with van der Waals surface area (Å²) in [5.74, 6) is 0. The van der Waals surface area contributed by atoms with Gasteiger partial charge in [0.15, 0.2) is 10.00 Å². The predicted octanol–water partition coefficient (Wildman–Crippen LogP) is 5.39. The molecule has 0 unspecified atom stereocenters. The predicted molar refractivity (Wildman–Crippen MR) is 98.6 cm³/mol. The Balaban J connectivity index is 2.25. The number of thiazole rings is 1. The summed E-state index contributed by atoms with van der Waals surface area (Å²) in [6, 6.07) is 8.18. The van der Waals surface area contributed by atoms with Gasteiger partial charge in [0.05, 0.1) is 10.2 Å². The lowest BCUT2D eigenvalue weighted by Gasteiger charge is -2.24. The third-order valence-electron chi connectivity index (χ3n) is 2.26. The highest BCUT2D eigenvalue weighted by Crippen LogP contribution is 2.33. The van der Waals surface area contributed by atoms with E-state index in [1.165, 1.54) is 4.70 Å². The smallest absolute Gasteiger partial charge is 0.158 e. The number of para-hydroxylation sites is 1. The van der Waals surface area contributed by atoms with Gasteiger partial charge in [-0.15, -0.1) is 11.3 Å². The van der Waals surface area contributed by atoms with Gasteiger partial charge in [-0.2, -0.15) is 0 Å². The third-order valence-corrected chi connectivity index (χ3v) is 6.14. The zero-order valence-corrected chi connectivity index (χ0v) is 15.3. The van der Waals surface area contributed by atoms with Crippen LogP contribution in [0.1, 0.15) is 32.7 Å². The lowest BCUT2D eigenvalue weighted by molar-refractivity contribution is 1.02. The molecule has 0 fully saturated rings. The Morgan fingerprint density at radius 3 is 2.30 bits per heavy atom. The van der Waals surface area contributed by atoms with Gasteiger partial charge in [0.1, 0.15) is 0 Å². The molecule has 0 bridgehead atoms. The average Bonchev–Trinajstić information content (AvgIpc) is 2.79. The van der Waals surface area contributed by atoms with Gasteiger partial charge in [0.25, 0.3) is 0 Å². The number of nitrogens with zero attached hydrogens (tertiary/aromatic N) is 2. The van der Waals surface area contributed by atoms with Gasteiger partial charge in [-0.05, 0) is 36.0 Å². The molecule has 0 aliphatic heterocycles. The first-order valence-corrected chi connectivity index (χ1v) is 9.40. The van der Waals surface area contributed by atoms with Crippen LogP contribution in [0, 0.1) is 0 Å². The Kier molecular flexibility index (Phi) is 5.72. The fourth-order valence-electron chi connectivity index (χ4n) is 1.55. The van der Waals surface area contributed by atoms with Crippen molar-refractivity contribution in [3.63, 3.8) is 0 Å². The summed E-state index contributed by atoms with van der Waals surface area (Å²) in [5.41, 5.74) is 1.03. The Morgan fingerprint density at radius 2 is 1.75 bits per heavy atom. The van der Waals surface area contributed by atoms with Gasteiger partial charge in [0.2, 0.25) is 0 Å². The maximum atomic E-state index is 5.65. The molecular formula is C14H18N2S4. The average molecular weight is 343 g/mol. The molecule has 0 N–H and O–H groups in total. The van der Waals surface area contributed by atoms with Gasteiger partial charge in [-0.1, -0.05) is 52.0 Å². The minimum atomic E-state index is 0.494. The maximum Gasteiger partial charge on any atom is 0.158 e. The molecule has 0 aliphatic carbocycles. The van der Waals surface area contributed by atoms with Crippen molar-refractivity contribution in [3.05, 3.63) is 29.3 Å². The minimum absolute atomic E-state index is 0.494. The van der Waals surface area contributed by atoms with Crippen molar-refractivity contribution >= 4 is 62.7 Å². The summed E-state index contributed by atoms with van der Waals surface area (Å²) in [6.45, 7) is 8.72. The molecule has 2 nitrogen and oxygen atoms in total. The number of hydrogen-bond donors (Lipinski definition) is 0. The Morgan fingerprint density at radius 1 is 1.15 bits per heavy atom. The Bertz CT molecular complexity index is 549. The second kappa shape index (κ2) is 7.11. The van der Waals surface area contributed by atoms with E-state index in [0.717, 1.165) is 15.5 Å². The van der Waals surface area contributed by atoms with Crippen molar-refractivity contribution < 1.29 is 0 Å². The zero-order chi connectivity index (χ0) is 14.7. The number of benzene rings is 1. The van der Waals surface area contributed by atoms with Crippen molar-refractivity contribution in [1.29, 1.82) is 0 Å². The molecule has 0 aliphatic rings. The minimum Gasteiger partial charge on any atom is -0.244 e. The molecule has 108 valence electrons. The Labute approximate surface area is 138 Å². The number of fused-ring (bicyclic) bond motifs is 1. The van der Waals surface area contributed by atoms with Crippen molar-refractivity contribution in [2.75, 3.05) is 0 Å². The molecule has 0 spiro atoms. The van der Waals surface area contributed by atoms with Crippen LogP contribution >= 0.6 is 47.5 Å². The zero-order valence-electron chi connectivity index (χ0n) is 12.0. The summed E-state index contributed by atoms with van der Waals surface area (Å²) in [6.07, 6.45) is 0. The van der Waals surface area contributed by atoms with E-state index >= 15 is 0 Å². The van der Waals surface area contributed by atoms with Crippen LogP contribution in [0.5, 0.6) is 0 Å². The van der Waals surface area contributed by atoms with Crippen LogP contribution in [-0.4, -0.2) is 24.2 Å². The van der Waals surface area contributed by atoms with Crippen LogP contribution in [0.3, 0.4) is 0 Å². The van der Waals surface area contributed by atoms with E-state index in [2.05, 4.69) is 42.5 Å². The van der Waals surface area contributed by atoms with E-state index in [9.17, 15) is 0 Å². The quantitative estimate of drug-likeness (QED) is 0.533. The van der Waals surface area contributed by atoms with Gasteiger partial charge < -0.3 is 0 Å². The summed E-state index contributed by atoms with van der Waals surface area (Å²) in [4.78, 5) is 5.48. The molecule has 0 saturated heterocycles. The molecule has 0 atom stereocenters. The van der Waals surface area contributed by atoms with Crippen molar-refractivity contribution in [1.82, 2.24) is 8.69 Å². The lowest BCUT2D eigenvalue weighted by Crippen LogP contribution is -2.20. The molecular weight excluding hydrogens is 324 g/mol. The second-order valence-corrected chi connectivity index (χ2v) is 9.54. The monoisotopic (exact) mass is 342 g/mol. The highest BCUT2D eigenvalue weighted by molar-refractivity contribution is 8.14. The fourth-order valence-corrected chi connectivity index (χ4v) is 5.35. The number of rotatable bonds is 5. The van der Waals surface area contributed by atoms with Crippen LogP contribution < -0.4 is 0 Å². The van der Waals surface area contributed by atoms with Gasteiger partial charge in [0, 0.05) is 10.5 Å². The van der Waals surface area contributed by atoms with Crippen LogP contribution in [0.25, 0.3) is 10.2 Å². The number of thiocarbonyl (C=S) groups is 1. The van der Waals surface area contributed by atoms with E-state index in [1.54, 1.807) is 35.2 Å². The SMILES string of the molecule is CC(C)SN(SC(C)C)C(=S)c1nc2ccccc2s1. The van der Waals surface area contributed by atoms with Crippen LogP contribution in [0.15, 0.2) is 24.3 Å². The number of hydrogen-bond acceptors (Lipinski definition) is 5. The summed E-state index contributed by atoms with van der Waals surface area (Å²) in [7, 11) is 0. The van der Waals surface area contributed by atoms with Crippen LogP contribution in [-0.2, 0) is 0 Å². The molecule has 1 aromatic carbocycles. The first-order chi connectivity index (χ1) is 9.47. The summed E-state index contributed by atoms with van der Waals surface area (Å²) >= 11 is 10.8. The highest BCUT2D eigenvalue weighted by atomic mass is 32.2. The van der Waals surface area contributed by atoms with Crippen molar-refractivity contribution in [2.24, 2.45) is 0 Å². The van der Waals surface area contributed by atoms with Gasteiger partial charge in [-0.25, -0.2) is 8.69 Å². The fraction of sp³-hybridized carbons (Fsp3) is 0.429. The topological polar surface area (TPSA) is 16.1 Å². The molecule has 20 heavy (non-hydrogen) atoms.